The average molecular weight is 307 g/mol. The van der Waals surface area contributed by atoms with Crippen LogP contribution < -0.4 is 16.2 Å². The van der Waals surface area contributed by atoms with Crippen LogP contribution in [-0.2, 0) is 9.59 Å². The number of hydrazine groups is 1. The van der Waals surface area contributed by atoms with Gasteiger partial charge in [-0.05, 0) is 48.8 Å². The Bertz CT molecular complexity index is 582. The minimum atomic E-state index is -0.447. The summed E-state index contributed by atoms with van der Waals surface area (Å²) in [6, 6.07) is 5.70. The predicted molar refractivity (Wildman–Crippen MR) is 80.2 cm³/mol. The lowest BCUT2D eigenvalue weighted by Crippen LogP contribution is -2.48. The topological polar surface area (TPSA) is 70.2 Å². The van der Waals surface area contributed by atoms with Crippen molar-refractivity contribution in [2.75, 3.05) is 0 Å². The molecule has 0 heterocycles. The minimum Gasteiger partial charge on any atom is -0.298 e. The molecule has 5 nitrogen and oxygen atoms in total. The van der Waals surface area contributed by atoms with Crippen molar-refractivity contribution in [3.05, 3.63) is 41.7 Å². The van der Waals surface area contributed by atoms with E-state index in [2.05, 4.69) is 16.2 Å². The van der Waals surface area contributed by atoms with Gasteiger partial charge in [-0.2, -0.15) is 0 Å². The largest absolute Gasteiger partial charge is 0.298 e. The number of thiocarbonyl (C=S) groups is 1. The SMILES string of the molecule is O=C(/C=C/c1ccc(F)cc1)NC(=S)NNC(=O)C1CC1. The summed E-state index contributed by atoms with van der Waals surface area (Å²) in [7, 11) is 0. The third-order valence-corrected chi connectivity index (χ3v) is 2.99. The van der Waals surface area contributed by atoms with Crippen LogP contribution in [0.25, 0.3) is 6.08 Å². The summed E-state index contributed by atoms with van der Waals surface area (Å²) >= 11 is 4.86. The lowest BCUT2D eigenvalue weighted by Gasteiger charge is -2.08. The molecule has 2 amide bonds. The first-order chi connectivity index (χ1) is 10.0. The van der Waals surface area contributed by atoms with E-state index < -0.39 is 5.91 Å². The highest BCUT2D eigenvalue weighted by molar-refractivity contribution is 7.80. The van der Waals surface area contributed by atoms with Gasteiger partial charge < -0.3 is 0 Å². The van der Waals surface area contributed by atoms with Crippen LogP contribution in [0.5, 0.6) is 0 Å². The number of rotatable bonds is 3. The Morgan fingerprint density at radius 1 is 1.19 bits per heavy atom. The molecule has 0 aliphatic heterocycles. The molecule has 1 aliphatic rings. The Hall–Kier alpha value is -2.28. The summed E-state index contributed by atoms with van der Waals surface area (Å²) in [6.45, 7) is 0. The fourth-order valence-electron chi connectivity index (χ4n) is 1.50. The van der Waals surface area contributed by atoms with Crippen molar-refractivity contribution in [3.63, 3.8) is 0 Å². The highest BCUT2D eigenvalue weighted by atomic mass is 32.1. The molecular formula is C14H14FN3O2S. The van der Waals surface area contributed by atoms with Gasteiger partial charge in [-0.15, -0.1) is 0 Å². The van der Waals surface area contributed by atoms with Crippen LogP contribution in [0.15, 0.2) is 30.3 Å². The van der Waals surface area contributed by atoms with Crippen LogP contribution >= 0.6 is 12.2 Å². The van der Waals surface area contributed by atoms with E-state index in [9.17, 15) is 14.0 Å². The van der Waals surface area contributed by atoms with Crippen molar-refractivity contribution in [1.29, 1.82) is 0 Å². The minimum absolute atomic E-state index is 0.0118. The number of hydrogen-bond acceptors (Lipinski definition) is 3. The van der Waals surface area contributed by atoms with Crippen LogP contribution in [0.2, 0.25) is 0 Å². The van der Waals surface area contributed by atoms with Gasteiger partial charge in [0.15, 0.2) is 5.11 Å². The monoisotopic (exact) mass is 307 g/mol. The molecule has 0 atom stereocenters. The zero-order valence-corrected chi connectivity index (χ0v) is 11.9. The van der Waals surface area contributed by atoms with Crippen molar-refractivity contribution in [2.45, 2.75) is 12.8 Å². The number of carbonyl (C=O) groups excluding carboxylic acids is 2. The van der Waals surface area contributed by atoms with Crippen LogP contribution in [-0.4, -0.2) is 16.9 Å². The van der Waals surface area contributed by atoms with Crippen molar-refractivity contribution in [2.24, 2.45) is 5.92 Å². The van der Waals surface area contributed by atoms with Crippen molar-refractivity contribution in [3.8, 4) is 0 Å². The van der Waals surface area contributed by atoms with Gasteiger partial charge in [0, 0.05) is 12.0 Å². The van der Waals surface area contributed by atoms with Crippen molar-refractivity contribution in [1.82, 2.24) is 16.2 Å². The average Bonchev–Trinajstić information content (AvgIpc) is 3.29. The second kappa shape index (κ2) is 6.94. The van der Waals surface area contributed by atoms with Gasteiger partial charge in [0.05, 0.1) is 0 Å². The van der Waals surface area contributed by atoms with Gasteiger partial charge in [0.1, 0.15) is 5.82 Å². The lowest BCUT2D eigenvalue weighted by atomic mass is 10.2. The maximum absolute atomic E-state index is 12.7. The molecule has 1 saturated carbocycles. The molecule has 0 unspecified atom stereocenters. The van der Waals surface area contributed by atoms with Crippen molar-refractivity contribution < 1.29 is 14.0 Å². The van der Waals surface area contributed by atoms with E-state index >= 15 is 0 Å². The fraction of sp³-hybridized carbons (Fsp3) is 0.214. The molecule has 0 bridgehead atoms. The van der Waals surface area contributed by atoms with E-state index in [0.717, 1.165) is 12.8 Å². The first-order valence-electron chi connectivity index (χ1n) is 6.39. The molecule has 1 aromatic rings. The highest BCUT2D eigenvalue weighted by Gasteiger charge is 2.29. The Morgan fingerprint density at radius 3 is 2.48 bits per heavy atom. The molecule has 2 rings (SSSR count). The molecule has 3 N–H and O–H groups in total. The highest BCUT2D eigenvalue weighted by Crippen LogP contribution is 2.28. The number of benzene rings is 1. The normalized spacial score (nSPS) is 13.8. The molecule has 0 aromatic heterocycles. The van der Waals surface area contributed by atoms with E-state index in [-0.39, 0.29) is 22.8 Å². The summed E-state index contributed by atoms with van der Waals surface area (Å²) in [6.07, 6.45) is 4.56. The fourth-order valence-corrected chi connectivity index (χ4v) is 1.65. The molecule has 7 heteroatoms. The summed E-state index contributed by atoms with van der Waals surface area (Å²) in [5.41, 5.74) is 5.56. The van der Waals surface area contributed by atoms with Gasteiger partial charge >= 0.3 is 0 Å². The molecule has 0 spiro atoms. The van der Waals surface area contributed by atoms with E-state index in [1.165, 1.54) is 24.3 Å². The van der Waals surface area contributed by atoms with E-state index in [1.54, 1.807) is 12.1 Å². The molecule has 110 valence electrons. The third kappa shape index (κ3) is 5.31. The van der Waals surface area contributed by atoms with E-state index in [4.69, 9.17) is 12.2 Å². The van der Waals surface area contributed by atoms with Gasteiger partial charge in [-0.25, -0.2) is 4.39 Å². The molecule has 21 heavy (non-hydrogen) atoms. The number of nitrogens with one attached hydrogen (secondary N) is 3. The second-order valence-electron chi connectivity index (χ2n) is 4.59. The molecule has 1 aliphatic carbocycles. The maximum Gasteiger partial charge on any atom is 0.250 e. The summed E-state index contributed by atoms with van der Waals surface area (Å²) < 4.78 is 12.7. The number of carbonyl (C=O) groups is 2. The number of halogens is 1. The third-order valence-electron chi connectivity index (χ3n) is 2.78. The zero-order chi connectivity index (χ0) is 15.2. The maximum atomic E-state index is 12.7. The van der Waals surface area contributed by atoms with Crippen molar-refractivity contribution >= 4 is 35.2 Å². The molecule has 0 saturated heterocycles. The van der Waals surface area contributed by atoms with E-state index in [0.29, 0.717) is 5.56 Å². The van der Waals surface area contributed by atoms with Gasteiger partial charge in [-0.3, -0.25) is 25.8 Å². The second-order valence-corrected chi connectivity index (χ2v) is 5.00. The summed E-state index contributed by atoms with van der Waals surface area (Å²) in [5, 5.41) is 2.39. The molecule has 1 aromatic carbocycles. The smallest absolute Gasteiger partial charge is 0.250 e. The van der Waals surface area contributed by atoms with Gasteiger partial charge in [-0.1, -0.05) is 12.1 Å². The Morgan fingerprint density at radius 2 is 1.86 bits per heavy atom. The zero-order valence-electron chi connectivity index (χ0n) is 11.1. The molecule has 0 radical (unpaired) electrons. The van der Waals surface area contributed by atoms with E-state index in [1.807, 2.05) is 0 Å². The molecular weight excluding hydrogens is 293 g/mol. The summed E-state index contributed by atoms with van der Waals surface area (Å²) in [5.74, 6) is -0.867. The standard InChI is InChI=1S/C14H14FN3O2S/c15-11-6-1-9(2-7-11)3-8-12(19)16-14(21)18-17-13(20)10-4-5-10/h1-3,6-8,10H,4-5H2,(H,17,20)(H2,16,18,19,21)/b8-3+. The predicted octanol–water partition coefficient (Wildman–Crippen LogP) is 1.27. The Kier molecular flexibility index (Phi) is 4.99. The van der Waals surface area contributed by atoms with Gasteiger partial charge in [0.25, 0.3) is 0 Å². The Labute approximate surface area is 126 Å². The number of amides is 2. The Balaban J connectivity index is 1.73. The number of hydrogen-bond donors (Lipinski definition) is 3. The first-order valence-corrected chi connectivity index (χ1v) is 6.80. The van der Waals surface area contributed by atoms with Crippen LogP contribution in [0, 0.1) is 11.7 Å². The van der Waals surface area contributed by atoms with Crippen LogP contribution in [0.4, 0.5) is 4.39 Å². The summed E-state index contributed by atoms with van der Waals surface area (Å²) in [4.78, 5) is 22.9. The van der Waals surface area contributed by atoms with Crippen LogP contribution in [0.1, 0.15) is 18.4 Å². The lowest BCUT2D eigenvalue weighted by molar-refractivity contribution is -0.123. The van der Waals surface area contributed by atoms with Crippen LogP contribution in [0.3, 0.4) is 0 Å². The first kappa shape index (κ1) is 15.1. The van der Waals surface area contributed by atoms with Gasteiger partial charge in [0.2, 0.25) is 11.8 Å². The quantitative estimate of drug-likeness (QED) is 0.447. The molecule has 1 fully saturated rings.